The summed E-state index contributed by atoms with van der Waals surface area (Å²) in [6.45, 7) is 1.75. The number of halogens is 1. The van der Waals surface area contributed by atoms with Gasteiger partial charge in [-0.15, -0.1) is 0 Å². The van der Waals surface area contributed by atoms with E-state index in [0.717, 1.165) is 0 Å². The lowest BCUT2D eigenvalue weighted by Gasteiger charge is -2.33. The Kier molecular flexibility index (Phi) is 5.19. The zero-order chi connectivity index (χ0) is 14.5. The SMILES string of the molecule is Nc1ccc(Cl)c(NC(=O)CN2CCOCC2CO)c1. The van der Waals surface area contributed by atoms with Gasteiger partial charge in [0.2, 0.25) is 5.91 Å². The van der Waals surface area contributed by atoms with Crippen LogP contribution in [0.3, 0.4) is 0 Å². The van der Waals surface area contributed by atoms with Crippen LogP contribution in [0, 0.1) is 0 Å². The lowest BCUT2D eigenvalue weighted by molar-refractivity contribution is -0.120. The predicted molar refractivity (Wildman–Crippen MR) is 77.8 cm³/mol. The normalized spacial score (nSPS) is 19.8. The summed E-state index contributed by atoms with van der Waals surface area (Å²) in [5.74, 6) is -0.196. The van der Waals surface area contributed by atoms with E-state index in [1.807, 2.05) is 4.90 Å². The Morgan fingerprint density at radius 2 is 2.40 bits per heavy atom. The first-order chi connectivity index (χ1) is 9.60. The zero-order valence-electron chi connectivity index (χ0n) is 11.0. The third-order valence-corrected chi connectivity index (χ3v) is 3.50. The summed E-state index contributed by atoms with van der Waals surface area (Å²) in [5, 5.41) is 12.4. The van der Waals surface area contributed by atoms with E-state index in [9.17, 15) is 9.90 Å². The maximum absolute atomic E-state index is 12.0. The number of carbonyl (C=O) groups is 1. The number of nitrogens with zero attached hydrogens (tertiary/aromatic N) is 1. The van der Waals surface area contributed by atoms with Crippen LogP contribution in [0.2, 0.25) is 5.02 Å². The number of aliphatic hydroxyl groups excluding tert-OH is 1. The average Bonchev–Trinajstić information content (AvgIpc) is 2.43. The van der Waals surface area contributed by atoms with Gasteiger partial charge in [0, 0.05) is 12.2 Å². The molecule has 0 spiro atoms. The van der Waals surface area contributed by atoms with Crippen molar-refractivity contribution in [3.05, 3.63) is 23.2 Å². The fourth-order valence-electron chi connectivity index (χ4n) is 2.08. The minimum atomic E-state index is -0.196. The fraction of sp³-hybridized carbons (Fsp3) is 0.462. The zero-order valence-corrected chi connectivity index (χ0v) is 11.8. The summed E-state index contributed by atoms with van der Waals surface area (Å²) in [6, 6.07) is 4.77. The molecular weight excluding hydrogens is 282 g/mol. The second-order valence-electron chi connectivity index (χ2n) is 4.67. The van der Waals surface area contributed by atoms with Crippen molar-refractivity contribution in [3.63, 3.8) is 0 Å². The molecule has 2 rings (SSSR count). The van der Waals surface area contributed by atoms with E-state index in [2.05, 4.69) is 5.32 Å². The van der Waals surface area contributed by atoms with Gasteiger partial charge in [-0.2, -0.15) is 0 Å². The molecule has 1 saturated heterocycles. The number of benzene rings is 1. The van der Waals surface area contributed by atoms with Crippen LogP contribution in [0.25, 0.3) is 0 Å². The molecule has 0 radical (unpaired) electrons. The van der Waals surface area contributed by atoms with Crippen molar-refractivity contribution in [1.82, 2.24) is 4.90 Å². The predicted octanol–water partition coefficient (Wildman–Crippen LogP) is 0.554. The Morgan fingerprint density at radius 3 is 3.15 bits per heavy atom. The van der Waals surface area contributed by atoms with Crippen molar-refractivity contribution >= 4 is 28.9 Å². The van der Waals surface area contributed by atoms with Crippen molar-refractivity contribution in [2.75, 3.05) is 44.0 Å². The van der Waals surface area contributed by atoms with Crippen LogP contribution in [0.5, 0.6) is 0 Å². The van der Waals surface area contributed by atoms with Gasteiger partial charge in [0.15, 0.2) is 0 Å². The molecule has 1 aliphatic rings. The molecule has 1 aromatic carbocycles. The minimum absolute atomic E-state index is 0.0354. The number of ether oxygens (including phenoxy) is 1. The van der Waals surface area contributed by atoms with E-state index in [-0.39, 0.29) is 25.1 Å². The van der Waals surface area contributed by atoms with Gasteiger partial charge in [0.05, 0.1) is 43.1 Å². The van der Waals surface area contributed by atoms with Crippen LogP contribution < -0.4 is 11.1 Å². The quantitative estimate of drug-likeness (QED) is 0.707. The van der Waals surface area contributed by atoms with Crippen molar-refractivity contribution in [3.8, 4) is 0 Å². The summed E-state index contributed by atoms with van der Waals surface area (Å²) >= 11 is 6.00. The van der Waals surface area contributed by atoms with Crippen LogP contribution in [0.1, 0.15) is 0 Å². The van der Waals surface area contributed by atoms with Gasteiger partial charge < -0.3 is 20.9 Å². The summed E-state index contributed by atoms with van der Waals surface area (Å²) in [5.41, 5.74) is 6.68. The molecule has 6 nitrogen and oxygen atoms in total. The van der Waals surface area contributed by atoms with Crippen molar-refractivity contribution in [1.29, 1.82) is 0 Å². The Morgan fingerprint density at radius 1 is 1.60 bits per heavy atom. The van der Waals surface area contributed by atoms with Crippen molar-refractivity contribution in [2.45, 2.75) is 6.04 Å². The number of hydrogen-bond acceptors (Lipinski definition) is 5. The maximum Gasteiger partial charge on any atom is 0.238 e. The van der Waals surface area contributed by atoms with Crippen LogP contribution in [-0.4, -0.2) is 54.9 Å². The molecule has 0 saturated carbocycles. The first-order valence-electron chi connectivity index (χ1n) is 6.37. The number of aliphatic hydroxyl groups is 1. The number of amides is 1. The highest BCUT2D eigenvalue weighted by atomic mass is 35.5. The molecule has 0 bridgehead atoms. The molecule has 1 aliphatic heterocycles. The molecule has 1 heterocycles. The molecule has 0 aliphatic carbocycles. The first kappa shape index (κ1) is 15.1. The van der Waals surface area contributed by atoms with E-state index in [1.165, 1.54) is 0 Å². The summed E-state index contributed by atoms with van der Waals surface area (Å²) in [6.07, 6.45) is 0. The highest BCUT2D eigenvalue weighted by molar-refractivity contribution is 6.33. The lowest BCUT2D eigenvalue weighted by atomic mass is 10.2. The molecule has 7 heteroatoms. The first-order valence-corrected chi connectivity index (χ1v) is 6.75. The second kappa shape index (κ2) is 6.90. The number of rotatable bonds is 4. The number of anilines is 2. The number of morpholine rings is 1. The summed E-state index contributed by atoms with van der Waals surface area (Å²) in [4.78, 5) is 13.9. The van der Waals surface area contributed by atoms with Crippen molar-refractivity contribution in [2.24, 2.45) is 0 Å². The third-order valence-electron chi connectivity index (χ3n) is 3.17. The Balaban J connectivity index is 1.96. The van der Waals surface area contributed by atoms with Gasteiger partial charge in [0.1, 0.15) is 0 Å². The van der Waals surface area contributed by atoms with Gasteiger partial charge in [0.25, 0.3) is 0 Å². The molecule has 1 amide bonds. The smallest absolute Gasteiger partial charge is 0.238 e. The monoisotopic (exact) mass is 299 g/mol. The second-order valence-corrected chi connectivity index (χ2v) is 5.08. The van der Waals surface area contributed by atoms with E-state index >= 15 is 0 Å². The molecule has 1 aromatic rings. The Bertz CT molecular complexity index is 484. The molecule has 4 N–H and O–H groups in total. The number of nitrogen functional groups attached to an aromatic ring is 1. The molecular formula is C13H18ClN3O3. The number of nitrogens with one attached hydrogen (secondary N) is 1. The summed E-state index contributed by atoms with van der Waals surface area (Å²) < 4.78 is 5.27. The molecule has 1 unspecified atom stereocenters. The lowest BCUT2D eigenvalue weighted by Crippen LogP contribution is -2.50. The van der Waals surface area contributed by atoms with Gasteiger partial charge in [-0.1, -0.05) is 11.6 Å². The minimum Gasteiger partial charge on any atom is -0.399 e. The Labute approximate surface area is 122 Å². The largest absolute Gasteiger partial charge is 0.399 e. The highest BCUT2D eigenvalue weighted by Crippen LogP contribution is 2.24. The number of nitrogens with two attached hydrogens (primary N) is 1. The molecule has 1 fully saturated rings. The van der Waals surface area contributed by atoms with Gasteiger partial charge in [-0.25, -0.2) is 0 Å². The molecule has 110 valence electrons. The standard InChI is InChI=1S/C13H18ClN3O3/c14-11-2-1-9(15)5-12(11)16-13(19)6-17-3-4-20-8-10(17)7-18/h1-2,5,10,18H,3-4,6-8,15H2,(H,16,19). The van der Waals surface area contributed by atoms with Gasteiger partial charge >= 0.3 is 0 Å². The van der Waals surface area contributed by atoms with E-state index in [0.29, 0.717) is 36.2 Å². The van der Waals surface area contributed by atoms with Gasteiger partial charge in [-0.05, 0) is 18.2 Å². The van der Waals surface area contributed by atoms with Crippen LogP contribution in [0.15, 0.2) is 18.2 Å². The third kappa shape index (κ3) is 3.83. The number of carbonyl (C=O) groups excluding carboxylic acids is 1. The topological polar surface area (TPSA) is 87.8 Å². The fourth-order valence-corrected chi connectivity index (χ4v) is 2.24. The van der Waals surface area contributed by atoms with E-state index in [1.54, 1.807) is 18.2 Å². The summed E-state index contributed by atoms with van der Waals surface area (Å²) in [7, 11) is 0. The van der Waals surface area contributed by atoms with Crippen LogP contribution >= 0.6 is 11.6 Å². The number of hydrogen-bond donors (Lipinski definition) is 3. The van der Waals surface area contributed by atoms with Gasteiger partial charge in [-0.3, -0.25) is 9.69 Å². The van der Waals surface area contributed by atoms with E-state index in [4.69, 9.17) is 22.1 Å². The highest BCUT2D eigenvalue weighted by Gasteiger charge is 2.24. The van der Waals surface area contributed by atoms with E-state index < -0.39 is 0 Å². The van der Waals surface area contributed by atoms with Crippen LogP contribution in [-0.2, 0) is 9.53 Å². The average molecular weight is 300 g/mol. The molecule has 20 heavy (non-hydrogen) atoms. The molecule has 1 atom stereocenters. The van der Waals surface area contributed by atoms with Crippen LogP contribution in [0.4, 0.5) is 11.4 Å². The Hall–Kier alpha value is -1.34. The maximum atomic E-state index is 12.0. The van der Waals surface area contributed by atoms with Crippen molar-refractivity contribution < 1.29 is 14.6 Å². The molecule has 0 aromatic heterocycles.